The zero-order valence-electron chi connectivity index (χ0n) is 18.1. The molecule has 1 aliphatic rings. The monoisotopic (exact) mass is 490 g/mol. The Kier molecular flexibility index (Phi) is 6.43. The second-order valence-corrected chi connectivity index (χ2v) is 8.75. The Morgan fingerprint density at radius 1 is 1.30 bits per heavy atom. The molecule has 172 valence electrons. The maximum absolute atomic E-state index is 15.0. The predicted octanol–water partition coefficient (Wildman–Crippen LogP) is 3.24. The molecule has 4 rings (SSSR count). The summed E-state index contributed by atoms with van der Waals surface area (Å²) in [6.45, 7) is 3.11. The van der Waals surface area contributed by atoms with Gasteiger partial charge in [0.05, 0.1) is 29.8 Å². The molecule has 3 aromatic rings. The lowest BCUT2D eigenvalue weighted by molar-refractivity contribution is -0.129. The number of hydrogen-bond donors (Lipinski definition) is 1. The number of nitrogens with one attached hydrogen (secondary N) is 1. The summed E-state index contributed by atoms with van der Waals surface area (Å²) >= 11 is 7.14. The Labute approximate surface area is 198 Å². The average Bonchev–Trinajstić information content (AvgIpc) is 3.25. The molecule has 3 heterocycles. The molecule has 2 amide bonds. The number of carbonyl (C=O) groups is 2. The van der Waals surface area contributed by atoms with Crippen LogP contribution in [0.15, 0.2) is 24.4 Å². The molecule has 9 nitrogen and oxygen atoms in total. The molecule has 0 bridgehead atoms. The fourth-order valence-corrected chi connectivity index (χ4v) is 4.30. The number of hydrogen-bond acceptors (Lipinski definition) is 8. The number of benzene rings is 1. The van der Waals surface area contributed by atoms with E-state index in [1.807, 2.05) is 0 Å². The Balaban J connectivity index is 1.63. The second kappa shape index (κ2) is 9.28. The number of ether oxygens (including phenoxy) is 1. The van der Waals surface area contributed by atoms with E-state index < -0.39 is 11.7 Å². The van der Waals surface area contributed by atoms with E-state index in [0.29, 0.717) is 23.9 Å². The molecule has 1 aromatic carbocycles. The van der Waals surface area contributed by atoms with Crippen LogP contribution in [0.2, 0.25) is 5.02 Å². The molecule has 0 radical (unpaired) electrons. The van der Waals surface area contributed by atoms with E-state index in [2.05, 4.69) is 20.5 Å². The quantitative estimate of drug-likeness (QED) is 0.586. The van der Waals surface area contributed by atoms with E-state index in [-0.39, 0.29) is 45.0 Å². The fraction of sp³-hybridized carbons (Fsp3) is 0.286. The van der Waals surface area contributed by atoms with Crippen LogP contribution < -0.4 is 15.0 Å². The van der Waals surface area contributed by atoms with Gasteiger partial charge in [0, 0.05) is 37.6 Å². The number of likely N-dealkylation sites (N-methyl/N-ethyl adjacent to an activating group) is 1. The van der Waals surface area contributed by atoms with Crippen molar-refractivity contribution in [2.75, 3.05) is 44.0 Å². The number of nitrogens with zero attached hydrogens (tertiary/aromatic N) is 5. The van der Waals surface area contributed by atoms with Crippen LogP contribution >= 0.6 is 22.9 Å². The molecule has 2 aromatic heterocycles. The van der Waals surface area contributed by atoms with Crippen molar-refractivity contribution in [2.24, 2.45) is 0 Å². The molecule has 0 unspecified atom stereocenters. The van der Waals surface area contributed by atoms with Crippen LogP contribution in [0.1, 0.15) is 16.1 Å². The molecule has 1 fully saturated rings. The highest BCUT2D eigenvalue weighted by atomic mass is 35.5. The molecule has 1 saturated heterocycles. The highest BCUT2D eigenvalue weighted by Gasteiger charge is 2.25. The van der Waals surface area contributed by atoms with Gasteiger partial charge in [-0.15, -0.1) is 10.2 Å². The highest BCUT2D eigenvalue weighted by molar-refractivity contribution is 7.19. The maximum Gasteiger partial charge on any atom is 0.259 e. The lowest BCUT2D eigenvalue weighted by Gasteiger charge is -2.31. The van der Waals surface area contributed by atoms with E-state index >= 15 is 0 Å². The fourth-order valence-electron chi connectivity index (χ4n) is 3.38. The zero-order valence-corrected chi connectivity index (χ0v) is 19.6. The SMILES string of the molecule is COc1ccc(Cl)c(F)c1-c1cc(C)ncc1C(=O)Nc1nnc(N2CCN(C)C(=O)C2)s1. The smallest absolute Gasteiger partial charge is 0.259 e. The number of halogens is 2. The first-order valence-corrected chi connectivity index (χ1v) is 11.1. The first-order valence-electron chi connectivity index (χ1n) is 9.91. The van der Waals surface area contributed by atoms with Crippen LogP contribution in [-0.2, 0) is 4.79 Å². The third-order valence-electron chi connectivity index (χ3n) is 5.19. The first-order chi connectivity index (χ1) is 15.8. The van der Waals surface area contributed by atoms with E-state index in [1.165, 1.54) is 25.4 Å². The molecular formula is C21H20ClFN6O3S. The average molecular weight is 491 g/mol. The maximum atomic E-state index is 15.0. The number of amides is 2. The minimum atomic E-state index is -0.700. The molecule has 0 aliphatic carbocycles. The number of pyridine rings is 1. The van der Waals surface area contributed by atoms with Crippen LogP contribution in [0, 0.1) is 12.7 Å². The largest absolute Gasteiger partial charge is 0.496 e. The van der Waals surface area contributed by atoms with Crippen molar-refractivity contribution in [3.8, 4) is 16.9 Å². The summed E-state index contributed by atoms with van der Waals surface area (Å²) in [6, 6.07) is 4.51. The minimum Gasteiger partial charge on any atom is -0.496 e. The summed E-state index contributed by atoms with van der Waals surface area (Å²) < 4.78 is 20.3. The van der Waals surface area contributed by atoms with Crippen molar-refractivity contribution in [1.29, 1.82) is 0 Å². The van der Waals surface area contributed by atoms with Gasteiger partial charge in [-0.1, -0.05) is 22.9 Å². The summed E-state index contributed by atoms with van der Waals surface area (Å²) in [6.07, 6.45) is 1.36. The number of aromatic nitrogens is 3. The Morgan fingerprint density at radius 3 is 2.82 bits per heavy atom. The topological polar surface area (TPSA) is 101 Å². The van der Waals surface area contributed by atoms with Gasteiger partial charge in [0.1, 0.15) is 5.75 Å². The van der Waals surface area contributed by atoms with Gasteiger partial charge < -0.3 is 14.5 Å². The molecular weight excluding hydrogens is 471 g/mol. The van der Waals surface area contributed by atoms with Crippen LogP contribution in [0.5, 0.6) is 5.75 Å². The van der Waals surface area contributed by atoms with Gasteiger partial charge in [-0.25, -0.2) is 4.39 Å². The molecule has 1 N–H and O–H groups in total. The number of carbonyl (C=O) groups excluding carboxylic acids is 2. The van der Waals surface area contributed by atoms with Gasteiger partial charge in [0.15, 0.2) is 5.82 Å². The minimum absolute atomic E-state index is 0.0186. The van der Waals surface area contributed by atoms with Gasteiger partial charge in [-0.05, 0) is 25.1 Å². The lowest BCUT2D eigenvalue weighted by Crippen LogP contribution is -2.48. The normalized spacial score (nSPS) is 13.9. The van der Waals surface area contributed by atoms with Gasteiger partial charge in [0.2, 0.25) is 16.2 Å². The summed E-state index contributed by atoms with van der Waals surface area (Å²) in [5.41, 5.74) is 1.05. The van der Waals surface area contributed by atoms with E-state index in [4.69, 9.17) is 16.3 Å². The molecule has 12 heteroatoms. The van der Waals surface area contributed by atoms with Gasteiger partial charge >= 0.3 is 0 Å². The van der Waals surface area contributed by atoms with E-state index in [9.17, 15) is 14.0 Å². The lowest BCUT2D eigenvalue weighted by atomic mass is 9.98. The van der Waals surface area contributed by atoms with Gasteiger partial charge in [-0.2, -0.15) is 0 Å². The van der Waals surface area contributed by atoms with Crippen molar-refractivity contribution < 1.29 is 18.7 Å². The summed E-state index contributed by atoms with van der Waals surface area (Å²) in [4.78, 5) is 32.7. The second-order valence-electron chi connectivity index (χ2n) is 7.39. The molecule has 0 atom stereocenters. The standard InChI is InChI=1S/C21H20ClFN6O3S/c1-11-8-12(17-15(32-3)5-4-14(22)18(17)23)13(9-24-11)19(31)25-20-26-27-21(33-20)29-7-6-28(2)16(30)10-29/h4-5,8-9H,6-7,10H2,1-3H3,(H,25,26,31). The Bertz CT molecular complexity index is 1240. The van der Waals surface area contributed by atoms with Crippen LogP contribution in [0.3, 0.4) is 0 Å². The van der Waals surface area contributed by atoms with Crippen LogP contribution in [0.4, 0.5) is 14.7 Å². The number of piperazine rings is 1. The Hall–Kier alpha value is -3.31. The summed E-state index contributed by atoms with van der Waals surface area (Å²) in [7, 11) is 3.15. The molecule has 0 spiro atoms. The van der Waals surface area contributed by atoms with Crippen molar-refractivity contribution in [3.05, 3.63) is 46.5 Å². The van der Waals surface area contributed by atoms with Gasteiger partial charge in [0.25, 0.3) is 5.91 Å². The van der Waals surface area contributed by atoms with Crippen molar-refractivity contribution in [1.82, 2.24) is 20.1 Å². The van der Waals surface area contributed by atoms with Crippen molar-refractivity contribution in [2.45, 2.75) is 6.92 Å². The van der Waals surface area contributed by atoms with E-state index in [0.717, 1.165) is 11.3 Å². The number of anilines is 2. The highest BCUT2D eigenvalue weighted by Crippen LogP contribution is 2.38. The van der Waals surface area contributed by atoms with Gasteiger partial charge in [-0.3, -0.25) is 19.9 Å². The zero-order chi connectivity index (χ0) is 23.7. The van der Waals surface area contributed by atoms with Crippen LogP contribution in [0.25, 0.3) is 11.1 Å². The van der Waals surface area contributed by atoms with Crippen molar-refractivity contribution >= 4 is 45.0 Å². The van der Waals surface area contributed by atoms with Crippen molar-refractivity contribution in [3.63, 3.8) is 0 Å². The Morgan fingerprint density at radius 2 is 2.09 bits per heavy atom. The first kappa shape index (κ1) is 22.9. The molecule has 0 saturated carbocycles. The third kappa shape index (κ3) is 4.60. The summed E-state index contributed by atoms with van der Waals surface area (Å²) in [5.74, 6) is -1.03. The third-order valence-corrected chi connectivity index (χ3v) is 6.39. The number of rotatable bonds is 5. The molecule has 33 heavy (non-hydrogen) atoms. The number of methoxy groups -OCH3 is 1. The predicted molar refractivity (Wildman–Crippen MR) is 124 cm³/mol. The molecule has 1 aliphatic heterocycles. The van der Waals surface area contributed by atoms with Crippen LogP contribution in [-0.4, -0.2) is 65.7 Å². The van der Waals surface area contributed by atoms with E-state index in [1.54, 1.807) is 29.8 Å². The summed E-state index contributed by atoms with van der Waals surface area (Å²) in [5, 5.41) is 11.5. The number of aryl methyl sites for hydroxylation is 1.